The van der Waals surface area contributed by atoms with Gasteiger partial charge in [-0.2, -0.15) is 0 Å². The zero-order chi connectivity index (χ0) is 10.8. The lowest BCUT2D eigenvalue weighted by atomic mass is 10.0. The molecule has 0 spiro atoms. The Morgan fingerprint density at radius 1 is 1.00 bits per heavy atom. The van der Waals surface area contributed by atoms with E-state index in [0.29, 0.717) is 16.8 Å². The lowest BCUT2D eigenvalue weighted by molar-refractivity contribution is 0.475. The first-order valence-electron chi connectivity index (χ1n) is 4.52. The molecule has 2 nitrogen and oxygen atoms in total. The number of phenols is 1. The first-order chi connectivity index (χ1) is 7.18. The van der Waals surface area contributed by atoms with Crippen molar-refractivity contribution in [2.75, 3.05) is 5.73 Å². The molecule has 0 amide bonds. The molecule has 76 valence electrons. The van der Waals surface area contributed by atoms with E-state index in [0.717, 1.165) is 0 Å². The van der Waals surface area contributed by atoms with Crippen molar-refractivity contribution in [3.8, 4) is 16.9 Å². The van der Waals surface area contributed by atoms with Gasteiger partial charge in [0.05, 0.1) is 0 Å². The first-order valence-corrected chi connectivity index (χ1v) is 4.52. The molecule has 0 saturated heterocycles. The molecule has 3 heteroatoms. The number of hydrogen-bond donors (Lipinski definition) is 2. The molecule has 0 aromatic heterocycles. The van der Waals surface area contributed by atoms with Crippen LogP contribution in [-0.2, 0) is 0 Å². The normalized spacial score (nSPS) is 10.2. The van der Waals surface area contributed by atoms with E-state index in [4.69, 9.17) is 5.73 Å². The van der Waals surface area contributed by atoms with Gasteiger partial charge in [0.15, 0.2) is 0 Å². The number of hydrogen-bond acceptors (Lipinski definition) is 2. The lowest BCUT2D eigenvalue weighted by Gasteiger charge is -2.07. The summed E-state index contributed by atoms with van der Waals surface area (Å²) in [5.41, 5.74) is 7.06. The van der Waals surface area contributed by atoms with Gasteiger partial charge in [-0.1, -0.05) is 18.2 Å². The van der Waals surface area contributed by atoms with Gasteiger partial charge >= 0.3 is 0 Å². The van der Waals surface area contributed by atoms with Crippen LogP contribution in [0.25, 0.3) is 11.1 Å². The van der Waals surface area contributed by atoms with Crippen molar-refractivity contribution in [2.24, 2.45) is 0 Å². The minimum Gasteiger partial charge on any atom is -0.508 e. The molecule has 3 N–H and O–H groups in total. The van der Waals surface area contributed by atoms with Crippen LogP contribution >= 0.6 is 0 Å². The maximum Gasteiger partial charge on any atom is 0.131 e. The van der Waals surface area contributed by atoms with E-state index in [1.165, 1.54) is 18.2 Å². The molecule has 0 aliphatic rings. The summed E-state index contributed by atoms with van der Waals surface area (Å²) < 4.78 is 13.4. The van der Waals surface area contributed by atoms with Crippen molar-refractivity contribution in [2.45, 2.75) is 0 Å². The summed E-state index contributed by atoms with van der Waals surface area (Å²) >= 11 is 0. The third-order valence-corrected chi connectivity index (χ3v) is 2.20. The molecule has 15 heavy (non-hydrogen) atoms. The summed E-state index contributed by atoms with van der Waals surface area (Å²) in [5, 5.41) is 9.31. The summed E-state index contributed by atoms with van der Waals surface area (Å²) in [7, 11) is 0. The smallest absolute Gasteiger partial charge is 0.131 e. The molecule has 2 aromatic rings. The van der Waals surface area contributed by atoms with E-state index in [2.05, 4.69) is 0 Å². The predicted molar refractivity (Wildman–Crippen MR) is 57.9 cm³/mol. The fourth-order valence-electron chi connectivity index (χ4n) is 1.46. The minimum absolute atomic E-state index is 0.0717. The van der Waals surface area contributed by atoms with E-state index in [1.54, 1.807) is 24.3 Å². The van der Waals surface area contributed by atoms with Gasteiger partial charge in [0.25, 0.3) is 0 Å². The zero-order valence-electron chi connectivity index (χ0n) is 7.94. The Morgan fingerprint density at radius 3 is 2.47 bits per heavy atom. The van der Waals surface area contributed by atoms with Gasteiger partial charge in [0.2, 0.25) is 0 Å². The van der Waals surface area contributed by atoms with Crippen molar-refractivity contribution in [3.63, 3.8) is 0 Å². The van der Waals surface area contributed by atoms with Crippen LogP contribution in [0.15, 0.2) is 42.5 Å². The van der Waals surface area contributed by atoms with E-state index in [1.807, 2.05) is 0 Å². The highest BCUT2D eigenvalue weighted by Crippen LogP contribution is 2.30. The monoisotopic (exact) mass is 203 g/mol. The average Bonchev–Trinajstić information content (AvgIpc) is 2.23. The second kappa shape index (κ2) is 3.61. The van der Waals surface area contributed by atoms with E-state index >= 15 is 0 Å². The van der Waals surface area contributed by atoms with Crippen molar-refractivity contribution >= 4 is 5.69 Å². The molecule has 0 aliphatic heterocycles. The minimum atomic E-state index is -0.352. The second-order valence-corrected chi connectivity index (χ2v) is 3.25. The number of nitrogens with two attached hydrogens (primary N) is 1. The number of benzene rings is 2. The SMILES string of the molecule is Nc1ccc(O)cc1-c1ccccc1F. The maximum absolute atomic E-state index is 13.4. The van der Waals surface area contributed by atoms with Gasteiger partial charge in [-0.25, -0.2) is 4.39 Å². The summed E-state index contributed by atoms with van der Waals surface area (Å²) in [6, 6.07) is 10.8. The second-order valence-electron chi connectivity index (χ2n) is 3.25. The standard InChI is InChI=1S/C12H10FNO/c13-11-4-2-1-3-9(11)10-7-8(15)5-6-12(10)14/h1-7,15H,14H2. The fraction of sp³-hybridized carbons (Fsp3) is 0. The topological polar surface area (TPSA) is 46.2 Å². The third kappa shape index (κ3) is 1.76. The van der Waals surface area contributed by atoms with Crippen LogP contribution < -0.4 is 5.73 Å². The van der Waals surface area contributed by atoms with Gasteiger partial charge in [-0.05, 0) is 24.3 Å². The van der Waals surface area contributed by atoms with Gasteiger partial charge in [0, 0.05) is 16.8 Å². The van der Waals surface area contributed by atoms with Crippen LogP contribution in [0.5, 0.6) is 5.75 Å². The molecule has 2 aromatic carbocycles. The fourth-order valence-corrected chi connectivity index (χ4v) is 1.46. The Labute approximate surface area is 86.8 Å². The van der Waals surface area contributed by atoms with Crippen molar-refractivity contribution in [1.82, 2.24) is 0 Å². The van der Waals surface area contributed by atoms with Crippen LogP contribution in [0.2, 0.25) is 0 Å². The predicted octanol–water partition coefficient (Wildman–Crippen LogP) is 2.78. The lowest BCUT2D eigenvalue weighted by Crippen LogP contribution is -1.91. The molecular formula is C12H10FNO. The molecule has 0 radical (unpaired) electrons. The maximum atomic E-state index is 13.4. The van der Waals surface area contributed by atoms with Crippen LogP contribution in [-0.4, -0.2) is 5.11 Å². The molecule has 0 saturated carbocycles. The van der Waals surface area contributed by atoms with Gasteiger partial charge in [0.1, 0.15) is 11.6 Å². The molecule has 0 unspecified atom stereocenters. The molecule has 0 bridgehead atoms. The summed E-state index contributed by atoms with van der Waals surface area (Å²) in [6.45, 7) is 0. The number of aromatic hydroxyl groups is 1. The van der Waals surface area contributed by atoms with E-state index < -0.39 is 0 Å². The molecular weight excluding hydrogens is 193 g/mol. The van der Waals surface area contributed by atoms with Gasteiger partial charge in [-0.15, -0.1) is 0 Å². The summed E-state index contributed by atoms with van der Waals surface area (Å²) in [5.74, 6) is -0.280. The average molecular weight is 203 g/mol. The van der Waals surface area contributed by atoms with Crippen molar-refractivity contribution in [1.29, 1.82) is 0 Å². The Morgan fingerprint density at radius 2 is 1.73 bits per heavy atom. The van der Waals surface area contributed by atoms with Crippen LogP contribution in [0.1, 0.15) is 0 Å². The number of halogens is 1. The van der Waals surface area contributed by atoms with E-state index in [9.17, 15) is 9.50 Å². The number of phenolic OH excluding ortho intramolecular Hbond substituents is 1. The van der Waals surface area contributed by atoms with Crippen LogP contribution in [0.3, 0.4) is 0 Å². The third-order valence-electron chi connectivity index (χ3n) is 2.20. The molecule has 0 fully saturated rings. The number of rotatable bonds is 1. The summed E-state index contributed by atoms with van der Waals surface area (Å²) in [6.07, 6.45) is 0. The number of nitrogen functional groups attached to an aromatic ring is 1. The molecule has 0 atom stereocenters. The quantitative estimate of drug-likeness (QED) is 0.553. The Balaban J connectivity index is 2.64. The van der Waals surface area contributed by atoms with Gasteiger partial charge < -0.3 is 10.8 Å². The zero-order valence-corrected chi connectivity index (χ0v) is 7.94. The molecule has 0 heterocycles. The number of anilines is 1. The largest absolute Gasteiger partial charge is 0.508 e. The van der Waals surface area contributed by atoms with Crippen molar-refractivity contribution in [3.05, 3.63) is 48.3 Å². The first kappa shape index (κ1) is 9.52. The Bertz CT molecular complexity index is 497. The highest BCUT2D eigenvalue weighted by molar-refractivity contribution is 5.77. The van der Waals surface area contributed by atoms with Crippen LogP contribution in [0, 0.1) is 5.82 Å². The summed E-state index contributed by atoms with van der Waals surface area (Å²) in [4.78, 5) is 0. The Kier molecular flexibility index (Phi) is 2.29. The van der Waals surface area contributed by atoms with E-state index in [-0.39, 0.29) is 11.6 Å². The molecule has 2 rings (SSSR count). The van der Waals surface area contributed by atoms with Crippen molar-refractivity contribution < 1.29 is 9.50 Å². The Hall–Kier alpha value is -2.03. The highest BCUT2D eigenvalue weighted by atomic mass is 19.1. The van der Waals surface area contributed by atoms with Gasteiger partial charge in [-0.3, -0.25) is 0 Å². The van der Waals surface area contributed by atoms with Crippen LogP contribution in [0.4, 0.5) is 10.1 Å². The highest BCUT2D eigenvalue weighted by Gasteiger charge is 2.07. The molecule has 0 aliphatic carbocycles.